The molecule has 4 N–H and O–H groups in total. The first-order valence-corrected chi connectivity index (χ1v) is 7.70. The van der Waals surface area contributed by atoms with Crippen LogP contribution in [-0.4, -0.2) is 20.8 Å². The van der Waals surface area contributed by atoms with Crippen LogP contribution in [0.4, 0.5) is 11.4 Å². The summed E-state index contributed by atoms with van der Waals surface area (Å²) in [6.07, 6.45) is 0. The molecule has 4 rings (SSSR count). The van der Waals surface area contributed by atoms with Gasteiger partial charge in [0.1, 0.15) is 0 Å². The first kappa shape index (κ1) is 15.2. The zero-order chi connectivity index (χ0) is 18.1. The number of aromatic hydroxyl groups is 1. The Morgan fingerprint density at radius 2 is 1.96 bits per heavy atom. The zero-order valence-corrected chi connectivity index (χ0v) is 13.6. The Hall–Kier alpha value is -3.35. The molecule has 1 aliphatic carbocycles. The number of hydrogen-bond donors (Lipinski definition) is 3. The second kappa shape index (κ2) is 4.60. The van der Waals surface area contributed by atoms with Gasteiger partial charge in [0.05, 0.1) is 16.1 Å². The van der Waals surface area contributed by atoms with E-state index in [-0.39, 0.29) is 16.9 Å². The maximum atomic E-state index is 13.1. The van der Waals surface area contributed by atoms with Crippen molar-refractivity contribution in [3.63, 3.8) is 0 Å². The van der Waals surface area contributed by atoms with Crippen LogP contribution in [0.2, 0.25) is 0 Å². The molecule has 0 radical (unpaired) electrons. The second-order valence-corrected chi connectivity index (χ2v) is 6.75. The fourth-order valence-corrected chi connectivity index (χ4v) is 3.77. The smallest absolute Gasteiger partial charge is 0.315 e. The Bertz CT molecular complexity index is 1100. The molecule has 126 valence electrons. The van der Waals surface area contributed by atoms with Crippen molar-refractivity contribution in [2.24, 2.45) is 0 Å². The van der Waals surface area contributed by atoms with Gasteiger partial charge >= 0.3 is 5.69 Å². The highest BCUT2D eigenvalue weighted by Gasteiger charge is 2.45. The Morgan fingerprint density at radius 1 is 1.24 bits per heavy atom. The van der Waals surface area contributed by atoms with Crippen LogP contribution in [-0.2, 0) is 5.41 Å². The van der Waals surface area contributed by atoms with Gasteiger partial charge in [0.2, 0.25) is 0 Å². The summed E-state index contributed by atoms with van der Waals surface area (Å²) in [6.45, 7) is 3.59. The second-order valence-electron chi connectivity index (χ2n) is 6.75. The topological polar surface area (TPSA) is 122 Å². The highest BCUT2D eigenvalue weighted by atomic mass is 16.6. The summed E-state index contributed by atoms with van der Waals surface area (Å²) in [4.78, 5) is 27.2. The molecule has 3 aromatic rings. The van der Waals surface area contributed by atoms with Crippen molar-refractivity contribution in [3.8, 4) is 5.75 Å². The number of carbonyl (C=O) groups is 1. The van der Waals surface area contributed by atoms with Gasteiger partial charge in [-0.05, 0) is 38.1 Å². The van der Waals surface area contributed by atoms with Gasteiger partial charge in [-0.3, -0.25) is 14.9 Å². The first-order valence-electron chi connectivity index (χ1n) is 7.70. The average Bonchev–Trinajstić information content (AvgIpc) is 2.92. The van der Waals surface area contributed by atoms with Gasteiger partial charge in [-0.2, -0.15) is 0 Å². The third kappa shape index (κ3) is 1.83. The van der Waals surface area contributed by atoms with E-state index < -0.39 is 21.8 Å². The molecule has 7 heteroatoms. The Morgan fingerprint density at radius 3 is 2.64 bits per heavy atom. The standard InChI is InChI=1S/C18H15N3O4/c1-18(2)14-10(5-6-12(22)15(14)21(24)25)16(23)13-9-4-3-8(19)7-11(9)20-17(13)18/h3-7,20,22H,19H2,1-2H3. The van der Waals surface area contributed by atoms with Crippen LogP contribution in [0, 0.1) is 10.1 Å². The molecule has 0 bridgehead atoms. The van der Waals surface area contributed by atoms with Crippen molar-refractivity contribution in [2.75, 3.05) is 5.73 Å². The van der Waals surface area contributed by atoms with Crippen LogP contribution < -0.4 is 5.73 Å². The van der Waals surface area contributed by atoms with E-state index in [0.29, 0.717) is 22.5 Å². The number of anilines is 1. The number of benzene rings is 2. The van der Waals surface area contributed by atoms with E-state index in [1.807, 2.05) is 0 Å². The third-order valence-electron chi connectivity index (χ3n) is 4.88. The number of rotatable bonds is 1. The van der Waals surface area contributed by atoms with E-state index >= 15 is 0 Å². The Kier molecular flexibility index (Phi) is 2.79. The van der Waals surface area contributed by atoms with Gasteiger partial charge in [-0.1, -0.05) is 6.07 Å². The molecule has 1 heterocycles. The van der Waals surface area contributed by atoms with E-state index in [1.54, 1.807) is 32.0 Å². The van der Waals surface area contributed by atoms with Crippen molar-refractivity contribution >= 4 is 28.1 Å². The lowest BCUT2D eigenvalue weighted by atomic mass is 9.70. The Labute approximate surface area is 142 Å². The van der Waals surface area contributed by atoms with Crippen LogP contribution in [0.1, 0.15) is 41.0 Å². The predicted octanol–water partition coefficient (Wildman–Crippen LogP) is 3.23. The van der Waals surface area contributed by atoms with Crippen LogP contribution in [0.25, 0.3) is 10.9 Å². The van der Waals surface area contributed by atoms with Crippen molar-refractivity contribution in [2.45, 2.75) is 19.3 Å². The number of fused-ring (bicyclic) bond motifs is 4. The maximum absolute atomic E-state index is 13.1. The number of nitrogens with two attached hydrogens (primary N) is 1. The van der Waals surface area contributed by atoms with Gasteiger partial charge in [-0.25, -0.2) is 0 Å². The monoisotopic (exact) mass is 337 g/mol. The number of carbonyl (C=O) groups excluding carboxylic acids is 1. The lowest BCUT2D eigenvalue weighted by molar-refractivity contribution is -0.387. The molecule has 1 aromatic heterocycles. The molecular weight excluding hydrogens is 322 g/mol. The van der Waals surface area contributed by atoms with Crippen molar-refractivity contribution in [1.29, 1.82) is 0 Å². The first-order chi connectivity index (χ1) is 11.7. The van der Waals surface area contributed by atoms with Gasteiger partial charge in [0, 0.05) is 33.3 Å². The van der Waals surface area contributed by atoms with Crippen LogP contribution >= 0.6 is 0 Å². The van der Waals surface area contributed by atoms with E-state index in [4.69, 9.17) is 5.73 Å². The molecule has 7 nitrogen and oxygen atoms in total. The normalized spacial score (nSPS) is 15.0. The van der Waals surface area contributed by atoms with Crippen molar-refractivity contribution < 1.29 is 14.8 Å². The van der Waals surface area contributed by atoms with E-state index in [1.165, 1.54) is 12.1 Å². The molecule has 0 aliphatic heterocycles. The quantitative estimate of drug-likeness (QED) is 0.357. The van der Waals surface area contributed by atoms with Crippen molar-refractivity contribution in [3.05, 3.63) is 62.8 Å². The summed E-state index contributed by atoms with van der Waals surface area (Å²) >= 11 is 0. The van der Waals surface area contributed by atoms with Gasteiger partial charge in [-0.15, -0.1) is 0 Å². The molecule has 0 saturated carbocycles. The molecule has 0 amide bonds. The number of nitro benzene ring substituents is 1. The molecule has 25 heavy (non-hydrogen) atoms. The summed E-state index contributed by atoms with van der Waals surface area (Å²) < 4.78 is 0. The van der Waals surface area contributed by atoms with E-state index in [0.717, 1.165) is 5.39 Å². The third-order valence-corrected chi connectivity index (χ3v) is 4.88. The summed E-state index contributed by atoms with van der Waals surface area (Å²) in [5, 5.41) is 22.2. The maximum Gasteiger partial charge on any atom is 0.315 e. The molecule has 0 atom stereocenters. The number of ketones is 1. The minimum Gasteiger partial charge on any atom is -0.502 e. The van der Waals surface area contributed by atoms with E-state index in [9.17, 15) is 20.0 Å². The minimum atomic E-state index is -0.868. The fourth-order valence-electron chi connectivity index (χ4n) is 3.77. The number of hydrogen-bond acceptors (Lipinski definition) is 5. The highest BCUT2D eigenvalue weighted by Crippen LogP contribution is 2.49. The number of nitrogens with zero attached hydrogens (tertiary/aromatic N) is 1. The number of nitrogen functional groups attached to an aromatic ring is 1. The lowest BCUT2D eigenvalue weighted by Gasteiger charge is -2.31. The number of aromatic amines is 1. The molecule has 1 aliphatic rings. The number of phenolic OH excluding ortho intramolecular Hbond substituents is 1. The van der Waals surface area contributed by atoms with E-state index in [2.05, 4.69) is 4.98 Å². The predicted molar refractivity (Wildman–Crippen MR) is 93.0 cm³/mol. The minimum absolute atomic E-state index is 0.217. The molecule has 0 fully saturated rings. The fraction of sp³-hybridized carbons (Fsp3) is 0.167. The summed E-state index contributed by atoms with van der Waals surface area (Å²) in [6, 6.07) is 7.86. The van der Waals surface area contributed by atoms with Gasteiger partial charge in [0.25, 0.3) is 0 Å². The number of nitro groups is 1. The van der Waals surface area contributed by atoms with Crippen LogP contribution in [0.3, 0.4) is 0 Å². The number of H-pyrrole nitrogens is 1. The molecule has 0 spiro atoms. The molecule has 2 aromatic carbocycles. The molecule has 0 unspecified atom stereocenters. The SMILES string of the molecule is CC1(C)c2[nH]c3cc(N)ccc3c2C(=O)c2ccc(O)c([N+](=O)[O-])c21. The summed E-state index contributed by atoms with van der Waals surface area (Å²) in [5.74, 6) is -0.753. The van der Waals surface area contributed by atoms with Crippen molar-refractivity contribution in [1.82, 2.24) is 4.98 Å². The Balaban J connectivity index is 2.14. The van der Waals surface area contributed by atoms with Gasteiger partial charge in [0.15, 0.2) is 11.5 Å². The average molecular weight is 337 g/mol. The largest absolute Gasteiger partial charge is 0.502 e. The lowest BCUT2D eigenvalue weighted by Crippen LogP contribution is -2.31. The highest BCUT2D eigenvalue weighted by molar-refractivity contribution is 6.20. The number of phenols is 1. The molecular formula is C18H15N3O4. The number of aromatic nitrogens is 1. The summed E-state index contributed by atoms with van der Waals surface area (Å²) in [7, 11) is 0. The number of nitrogens with one attached hydrogen (secondary N) is 1. The molecule has 0 saturated heterocycles. The zero-order valence-electron chi connectivity index (χ0n) is 13.6. The van der Waals surface area contributed by atoms with Crippen LogP contribution in [0.15, 0.2) is 30.3 Å². The van der Waals surface area contributed by atoms with Crippen LogP contribution in [0.5, 0.6) is 5.75 Å². The summed E-state index contributed by atoms with van der Waals surface area (Å²) in [5.41, 5.74) is 7.31. The van der Waals surface area contributed by atoms with Gasteiger partial charge < -0.3 is 15.8 Å².